The molecule has 120 valence electrons. The van der Waals surface area contributed by atoms with Crippen LogP contribution in [-0.4, -0.2) is 31.3 Å². The number of methoxy groups -OCH3 is 2. The van der Waals surface area contributed by atoms with E-state index in [1.54, 1.807) is 12.2 Å². The zero-order valence-electron chi connectivity index (χ0n) is 13.1. The topological polar surface area (TPSA) is 51.1 Å². The van der Waals surface area contributed by atoms with E-state index < -0.39 is 6.04 Å². The molecule has 0 radical (unpaired) electrons. The minimum atomic E-state index is -0.463. The van der Waals surface area contributed by atoms with Crippen LogP contribution in [-0.2, 0) is 20.8 Å². The molecule has 1 heterocycles. The summed E-state index contributed by atoms with van der Waals surface area (Å²) in [7, 11) is 3.02. The summed E-state index contributed by atoms with van der Waals surface area (Å²) < 4.78 is 10.1. The predicted molar refractivity (Wildman–Crippen MR) is 84.6 cm³/mol. The molecule has 1 fully saturated rings. The highest BCUT2D eigenvalue weighted by atomic mass is 16.8. The molecule has 1 aliphatic heterocycles. The van der Waals surface area contributed by atoms with Crippen LogP contribution in [0.3, 0.4) is 0 Å². The van der Waals surface area contributed by atoms with Gasteiger partial charge in [-0.2, -0.15) is 0 Å². The second kappa shape index (κ2) is 6.81. The number of benzene rings is 2. The average Bonchev–Trinajstić information content (AvgIpc) is 3.40. The number of hydrogen-bond donors (Lipinski definition) is 0. The van der Waals surface area contributed by atoms with Gasteiger partial charge in [-0.25, -0.2) is 0 Å². The Morgan fingerprint density at radius 3 is 2.43 bits per heavy atom. The lowest BCUT2D eigenvalue weighted by Crippen LogP contribution is -2.32. The maximum atomic E-state index is 12.1. The van der Waals surface area contributed by atoms with Crippen molar-refractivity contribution in [2.75, 3.05) is 14.2 Å². The molecule has 0 amide bonds. The number of esters is 1. The molecule has 3 atom stereocenters. The number of carbonyl (C=O) groups excluding carboxylic acids is 1. The van der Waals surface area contributed by atoms with E-state index in [4.69, 9.17) is 14.3 Å². The maximum Gasteiger partial charge on any atom is 0.325 e. The van der Waals surface area contributed by atoms with Crippen molar-refractivity contribution in [2.45, 2.75) is 18.7 Å². The number of hydroxylamine groups is 2. The van der Waals surface area contributed by atoms with Gasteiger partial charge in [-0.15, -0.1) is 5.06 Å². The van der Waals surface area contributed by atoms with Gasteiger partial charge in [0.1, 0.15) is 11.8 Å². The predicted octanol–water partition coefficient (Wildman–Crippen LogP) is 2.73. The highest BCUT2D eigenvalue weighted by molar-refractivity contribution is 5.76. The van der Waals surface area contributed by atoms with Crippen LogP contribution in [0.1, 0.15) is 17.4 Å². The van der Waals surface area contributed by atoms with E-state index in [1.807, 2.05) is 54.6 Å². The third kappa shape index (κ3) is 3.52. The van der Waals surface area contributed by atoms with Crippen LogP contribution in [0.15, 0.2) is 54.6 Å². The first-order chi connectivity index (χ1) is 11.2. The molecule has 23 heavy (non-hydrogen) atoms. The highest BCUT2D eigenvalue weighted by Gasteiger charge is 2.47. The first-order valence-corrected chi connectivity index (χ1v) is 7.43. The van der Waals surface area contributed by atoms with E-state index in [0.717, 1.165) is 16.9 Å². The summed E-state index contributed by atoms with van der Waals surface area (Å²) in [6, 6.07) is 17.0. The SMILES string of the molecule is COC(=O)[C@H](Cc1ccccc1)N1O[C@H]1c1ccc(OC)cc1. The van der Waals surface area contributed by atoms with Crippen molar-refractivity contribution in [3.63, 3.8) is 0 Å². The van der Waals surface area contributed by atoms with E-state index in [9.17, 15) is 4.79 Å². The molecule has 2 aromatic carbocycles. The van der Waals surface area contributed by atoms with E-state index in [1.165, 1.54) is 7.11 Å². The first-order valence-electron chi connectivity index (χ1n) is 7.43. The third-order valence-corrected chi connectivity index (χ3v) is 3.86. The minimum Gasteiger partial charge on any atom is -0.497 e. The number of hydrogen-bond acceptors (Lipinski definition) is 5. The van der Waals surface area contributed by atoms with E-state index in [-0.39, 0.29) is 12.2 Å². The van der Waals surface area contributed by atoms with Gasteiger partial charge in [0.2, 0.25) is 0 Å². The van der Waals surface area contributed by atoms with Crippen LogP contribution < -0.4 is 4.74 Å². The highest BCUT2D eigenvalue weighted by Crippen LogP contribution is 2.40. The van der Waals surface area contributed by atoms with E-state index in [2.05, 4.69) is 0 Å². The van der Waals surface area contributed by atoms with E-state index in [0.29, 0.717) is 6.42 Å². The first kappa shape index (κ1) is 15.5. The molecule has 0 spiro atoms. The summed E-state index contributed by atoms with van der Waals surface area (Å²) in [5.74, 6) is 0.486. The van der Waals surface area contributed by atoms with Gasteiger partial charge in [-0.1, -0.05) is 42.5 Å². The molecule has 0 saturated carbocycles. The monoisotopic (exact) mass is 313 g/mol. The fourth-order valence-electron chi connectivity index (χ4n) is 2.55. The normalized spacial score (nSPS) is 20.6. The lowest BCUT2D eigenvalue weighted by atomic mass is 10.1. The Labute approximate surface area is 135 Å². The van der Waals surface area contributed by atoms with Gasteiger partial charge in [0.15, 0.2) is 6.23 Å². The summed E-state index contributed by atoms with van der Waals surface area (Å²) in [6.07, 6.45) is 0.314. The molecule has 0 aliphatic carbocycles. The largest absolute Gasteiger partial charge is 0.497 e. The molecule has 1 aliphatic rings. The molecular formula is C18H19NO4. The molecule has 1 saturated heterocycles. The molecule has 5 nitrogen and oxygen atoms in total. The summed E-state index contributed by atoms with van der Waals surface area (Å²) in [5.41, 5.74) is 2.04. The van der Waals surface area contributed by atoms with Crippen LogP contribution in [0.2, 0.25) is 0 Å². The van der Waals surface area contributed by atoms with Crippen molar-refractivity contribution < 1.29 is 19.1 Å². The smallest absolute Gasteiger partial charge is 0.325 e. The Morgan fingerprint density at radius 2 is 1.83 bits per heavy atom. The average molecular weight is 313 g/mol. The van der Waals surface area contributed by atoms with Gasteiger partial charge in [-0.05, 0) is 23.3 Å². The van der Waals surface area contributed by atoms with Gasteiger partial charge >= 0.3 is 5.97 Å². The number of rotatable bonds is 6. The number of ether oxygens (including phenoxy) is 2. The van der Waals surface area contributed by atoms with Crippen LogP contribution in [0, 0.1) is 0 Å². The molecular weight excluding hydrogens is 294 g/mol. The second-order valence-corrected chi connectivity index (χ2v) is 5.32. The molecule has 2 aromatic rings. The van der Waals surface area contributed by atoms with E-state index >= 15 is 0 Å². The second-order valence-electron chi connectivity index (χ2n) is 5.32. The number of nitrogens with zero attached hydrogens (tertiary/aromatic N) is 1. The van der Waals surface area contributed by atoms with Crippen molar-refractivity contribution in [1.29, 1.82) is 0 Å². The molecule has 0 aromatic heterocycles. The molecule has 3 rings (SSSR count). The summed E-state index contributed by atoms with van der Waals surface area (Å²) in [6.45, 7) is 0. The quantitative estimate of drug-likeness (QED) is 0.606. The Balaban J connectivity index is 1.72. The molecule has 0 bridgehead atoms. The van der Waals surface area contributed by atoms with Crippen molar-refractivity contribution in [3.8, 4) is 5.75 Å². The Bertz CT molecular complexity index is 656. The fourth-order valence-corrected chi connectivity index (χ4v) is 2.55. The van der Waals surface area contributed by atoms with Gasteiger partial charge < -0.3 is 9.47 Å². The van der Waals surface area contributed by atoms with Crippen LogP contribution in [0.25, 0.3) is 0 Å². The Kier molecular flexibility index (Phi) is 4.60. The van der Waals surface area contributed by atoms with Gasteiger partial charge in [0.05, 0.1) is 14.2 Å². The molecule has 1 unspecified atom stereocenters. The lowest BCUT2D eigenvalue weighted by Gasteiger charge is -2.13. The summed E-state index contributed by atoms with van der Waals surface area (Å²) in [5, 5.41) is 1.68. The molecule has 0 N–H and O–H groups in total. The maximum absolute atomic E-state index is 12.1. The van der Waals surface area contributed by atoms with Crippen molar-refractivity contribution in [3.05, 3.63) is 65.7 Å². The van der Waals surface area contributed by atoms with Crippen molar-refractivity contribution in [1.82, 2.24) is 5.06 Å². The van der Waals surface area contributed by atoms with Gasteiger partial charge in [-0.3, -0.25) is 9.63 Å². The van der Waals surface area contributed by atoms with Crippen LogP contribution in [0.5, 0.6) is 5.75 Å². The Morgan fingerprint density at radius 1 is 1.13 bits per heavy atom. The van der Waals surface area contributed by atoms with Gasteiger partial charge in [0, 0.05) is 6.42 Å². The van der Waals surface area contributed by atoms with Crippen molar-refractivity contribution in [2.24, 2.45) is 0 Å². The fraction of sp³-hybridized carbons (Fsp3) is 0.278. The van der Waals surface area contributed by atoms with Gasteiger partial charge in [0.25, 0.3) is 0 Å². The Hall–Kier alpha value is -2.37. The standard InChI is InChI=1S/C18H19NO4/c1-21-15-10-8-14(9-11-15)17-19(23-17)16(18(20)22-2)12-13-6-4-3-5-7-13/h3-11,16-17H,12H2,1-2H3/t16-,17-,19?/m0/s1. The summed E-state index contributed by atoms with van der Waals surface area (Å²) in [4.78, 5) is 17.7. The number of carbonyl (C=O) groups is 1. The summed E-state index contributed by atoms with van der Waals surface area (Å²) >= 11 is 0. The minimum absolute atomic E-state index is 0.228. The van der Waals surface area contributed by atoms with Crippen LogP contribution >= 0.6 is 0 Å². The zero-order chi connectivity index (χ0) is 16.2. The third-order valence-electron chi connectivity index (χ3n) is 3.86. The van der Waals surface area contributed by atoms with Crippen molar-refractivity contribution >= 4 is 5.97 Å². The zero-order valence-corrected chi connectivity index (χ0v) is 13.1. The molecule has 5 heteroatoms. The lowest BCUT2D eigenvalue weighted by molar-refractivity contribution is -0.147. The van der Waals surface area contributed by atoms with Crippen LogP contribution in [0.4, 0.5) is 0 Å².